The maximum absolute atomic E-state index is 11.5. The summed E-state index contributed by atoms with van der Waals surface area (Å²) in [5.41, 5.74) is 3.40. The number of rotatable bonds is 2. The number of fused-ring (bicyclic) bond motifs is 3. The number of nitrogens with one attached hydrogen (secondary N) is 2. The van der Waals surface area contributed by atoms with Crippen molar-refractivity contribution in [2.24, 2.45) is 0 Å². The van der Waals surface area contributed by atoms with Gasteiger partial charge < -0.3 is 15.0 Å². The fraction of sp³-hybridized carbons (Fsp3) is 0.357. The van der Waals surface area contributed by atoms with E-state index in [-0.39, 0.29) is 12.0 Å². The van der Waals surface area contributed by atoms with Crippen molar-refractivity contribution < 1.29 is 9.53 Å². The number of hydrogen-bond donors (Lipinski definition) is 2. The van der Waals surface area contributed by atoms with Gasteiger partial charge >= 0.3 is 5.97 Å². The molecule has 0 amide bonds. The number of aromatic amines is 1. The van der Waals surface area contributed by atoms with Crippen molar-refractivity contribution in [2.75, 3.05) is 13.7 Å². The highest BCUT2D eigenvalue weighted by molar-refractivity contribution is 6.31. The van der Waals surface area contributed by atoms with Crippen molar-refractivity contribution in [3.63, 3.8) is 0 Å². The Bertz CT molecular complexity index is 636. The normalized spacial score (nSPS) is 18.3. The Kier molecular flexibility index (Phi) is 3.21. The molecule has 3 rings (SSSR count). The third kappa shape index (κ3) is 2.22. The zero-order valence-corrected chi connectivity index (χ0v) is 11.4. The lowest BCUT2D eigenvalue weighted by molar-refractivity contribution is -0.141. The highest BCUT2D eigenvalue weighted by Gasteiger charge is 2.26. The van der Waals surface area contributed by atoms with Crippen LogP contribution in [0.15, 0.2) is 18.2 Å². The van der Waals surface area contributed by atoms with Crippen molar-refractivity contribution in [3.05, 3.63) is 34.5 Å². The van der Waals surface area contributed by atoms with Crippen molar-refractivity contribution >= 4 is 28.5 Å². The molecule has 4 nitrogen and oxygen atoms in total. The molecule has 2 N–H and O–H groups in total. The second-order valence-electron chi connectivity index (χ2n) is 4.74. The summed E-state index contributed by atoms with van der Waals surface area (Å²) in [6, 6.07) is 5.81. The molecule has 0 spiro atoms. The zero-order valence-electron chi connectivity index (χ0n) is 10.6. The smallest absolute Gasteiger partial charge is 0.307 e. The maximum atomic E-state index is 11.5. The lowest BCUT2D eigenvalue weighted by Gasteiger charge is -2.23. The van der Waals surface area contributed by atoms with E-state index in [1.165, 1.54) is 12.7 Å². The van der Waals surface area contributed by atoms with Crippen LogP contribution in [0, 0.1) is 0 Å². The van der Waals surface area contributed by atoms with E-state index in [0.717, 1.165) is 34.6 Å². The SMILES string of the molecule is COC(=O)CC1NCCc2c1[nH]c1ccc(Cl)cc21. The molecule has 1 aromatic heterocycles. The summed E-state index contributed by atoms with van der Waals surface area (Å²) in [6.07, 6.45) is 1.28. The van der Waals surface area contributed by atoms with Crippen LogP contribution >= 0.6 is 11.6 Å². The number of carbonyl (C=O) groups is 1. The van der Waals surface area contributed by atoms with E-state index in [9.17, 15) is 4.79 Å². The lowest BCUT2D eigenvalue weighted by atomic mass is 9.97. The number of benzene rings is 1. The maximum Gasteiger partial charge on any atom is 0.307 e. The van der Waals surface area contributed by atoms with Gasteiger partial charge in [0, 0.05) is 21.6 Å². The minimum absolute atomic E-state index is 0.0117. The van der Waals surface area contributed by atoms with E-state index in [1.54, 1.807) is 0 Å². The van der Waals surface area contributed by atoms with Gasteiger partial charge in [-0.1, -0.05) is 11.6 Å². The second-order valence-corrected chi connectivity index (χ2v) is 5.18. The number of ether oxygens (including phenoxy) is 1. The molecule has 1 atom stereocenters. The first-order valence-electron chi connectivity index (χ1n) is 6.29. The number of aromatic nitrogens is 1. The molecule has 1 aromatic carbocycles. The molecule has 0 radical (unpaired) electrons. The molecule has 0 fully saturated rings. The van der Waals surface area contributed by atoms with E-state index in [1.807, 2.05) is 18.2 Å². The Morgan fingerprint density at radius 2 is 2.37 bits per heavy atom. The van der Waals surface area contributed by atoms with Crippen LogP contribution < -0.4 is 5.32 Å². The van der Waals surface area contributed by atoms with Crippen molar-refractivity contribution in [1.29, 1.82) is 0 Å². The highest BCUT2D eigenvalue weighted by atomic mass is 35.5. The lowest BCUT2D eigenvalue weighted by Crippen LogP contribution is -2.31. The Balaban J connectivity index is 2.04. The van der Waals surface area contributed by atoms with Crippen LogP contribution in [0.2, 0.25) is 5.02 Å². The van der Waals surface area contributed by atoms with Crippen LogP contribution in [0.4, 0.5) is 0 Å². The number of halogens is 1. The molecular weight excluding hydrogens is 264 g/mol. The topological polar surface area (TPSA) is 54.1 Å². The molecule has 0 saturated carbocycles. The number of esters is 1. The van der Waals surface area contributed by atoms with Gasteiger partial charge in [-0.2, -0.15) is 0 Å². The first-order chi connectivity index (χ1) is 9.19. The summed E-state index contributed by atoms with van der Waals surface area (Å²) in [5, 5.41) is 5.24. The zero-order chi connectivity index (χ0) is 13.4. The van der Waals surface area contributed by atoms with Gasteiger partial charge in [0.25, 0.3) is 0 Å². The van der Waals surface area contributed by atoms with Gasteiger partial charge in [0.2, 0.25) is 0 Å². The molecule has 5 heteroatoms. The van der Waals surface area contributed by atoms with Crippen LogP contribution in [-0.2, 0) is 16.0 Å². The van der Waals surface area contributed by atoms with Gasteiger partial charge in [0.05, 0.1) is 19.6 Å². The Labute approximate surface area is 116 Å². The van der Waals surface area contributed by atoms with Gasteiger partial charge in [-0.15, -0.1) is 0 Å². The molecule has 19 heavy (non-hydrogen) atoms. The molecule has 2 aromatic rings. The van der Waals surface area contributed by atoms with E-state index < -0.39 is 0 Å². The summed E-state index contributed by atoms with van der Waals surface area (Å²) in [6.45, 7) is 0.855. The first-order valence-corrected chi connectivity index (χ1v) is 6.67. The summed E-state index contributed by atoms with van der Waals surface area (Å²) in [7, 11) is 1.41. The van der Waals surface area contributed by atoms with Crippen molar-refractivity contribution in [2.45, 2.75) is 18.9 Å². The Morgan fingerprint density at radius 1 is 1.53 bits per heavy atom. The van der Waals surface area contributed by atoms with Gasteiger partial charge in [0.15, 0.2) is 0 Å². The van der Waals surface area contributed by atoms with E-state index in [4.69, 9.17) is 16.3 Å². The van der Waals surface area contributed by atoms with Gasteiger partial charge in [0.1, 0.15) is 0 Å². The molecule has 1 unspecified atom stereocenters. The highest BCUT2D eigenvalue weighted by Crippen LogP contribution is 2.32. The average Bonchev–Trinajstić information content (AvgIpc) is 2.78. The molecule has 0 saturated heterocycles. The van der Waals surface area contributed by atoms with Gasteiger partial charge in [-0.25, -0.2) is 0 Å². The number of carbonyl (C=O) groups excluding carboxylic acids is 1. The second kappa shape index (κ2) is 4.87. The minimum Gasteiger partial charge on any atom is -0.469 e. The molecule has 1 aliphatic heterocycles. The number of H-pyrrole nitrogens is 1. The van der Waals surface area contributed by atoms with Gasteiger partial charge in [-0.05, 0) is 36.7 Å². The summed E-state index contributed by atoms with van der Waals surface area (Å²) in [4.78, 5) is 14.9. The molecule has 0 bridgehead atoms. The molecule has 2 heterocycles. The summed E-state index contributed by atoms with van der Waals surface area (Å²) < 4.78 is 4.75. The fourth-order valence-electron chi connectivity index (χ4n) is 2.71. The standard InChI is InChI=1S/C14H15ClN2O2/c1-19-13(18)7-12-14-9(4-5-16-12)10-6-8(15)2-3-11(10)17-14/h2-3,6,12,16-17H,4-5,7H2,1H3. The van der Waals surface area contributed by atoms with E-state index >= 15 is 0 Å². The van der Waals surface area contributed by atoms with E-state index in [0.29, 0.717) is 6.42 Å². The van der Waals surface area contributed by atoms with Crippen LogP contribution in [0.3, 0.4) is 0 Å². The third-order valence-corrected chi connectivity index (χ3v) is 3.85. The predicted octanol–water partition coefficient (Wildman–Crippen LogP) is 2.57. The number of methoxy groups -OCH3 is 1. The molecule has 1 aliphatic rings. The quantitative estimate of drug-likeness (QED) is 0.830. The Morgan fingerprint density at radius 3 is 3.16 bits per heavy atom. The van der Waals surface area contributed by atoms with E-state index in [2.05, 4.69) is 10.3 Å². The summed E-state index contributed by atoms with van der Waals surface area (Å²) in [5.74, 6) is -0.206. The first kappa shape index (κ1) is 12.5. The summed E-state index contributed by atoms with van der Waals surface area (Å²) >= 11 is 6.06. The van der Waals surface area contributed by atoms with Crippen LogP contribution in [0.5, 0.6) is 0 Å². The van der Waals surface area contributed by atoms with Crippen LogP contribution in [-0.4, -0.2) is 24.6 Å². The predicted molar refractivity (Wildman–Crippen MR) is 74.4 cm³/mol. The third-order valence-electron chi connectivity index (χ3n) is 3.61. The van der Waals surface area contributed by atoms with Crippen LogP contribution in [0.25, 0.3) is 10.9 Å². The minimum atomic E-state index is -0.206. The Hall–Kier alpha value is -1.52. The van der Waals surface area contributed by atoms with Crippen LogP contribution in [0.1, 0.15) is 23.7 Å². The van der Waals surface area contributed by atoms with Crippen molar-refractivity contribution in [1.82, 2.24) is 10.3 Å². The number of hydrogen-bond acceptors (Lipinski definition) is 3. The van der Waals surface area contributed by atoms with Crippen molar-refractivity contribution in [3.8, 4) is 0 Å². The average molecular weight is 279 g/mol. The fourth-order valence-corrected chi connectivity index (χ4v) is 2.88. The molecule has 0 aliphatic carbocycles. The molecule has 100 valence electrons. The monoisotopic (exact) mass is 278 g/mol. The van der Waals surface area contributed by atoms with Gasteiger partial charge in [-0.3, -0.25) is 4.79 Å². The largest absolute Gasteiger partial charge is 0.469 e. The molecular formula is C14H15ClN2O2.